The van der Waals surface area contributed by atoms with Crippen molar-refractivity contribution in [3.63, 3.8) is 0 Å². The van der Waals surface area contributed by atoms with E-state index < -0.39 is 0 Å². The lowest BCUT2D eigenvalue weighted by atomic mass is 9.51. The zero-order valence-electron chi connectivity index (χ0n) is 18.3. The fraction of sp³-hybridized carbons (Fsp3) is 0.739. The van der Waals surface area contributed by atoms with Gasteiger partial charge in [0.25, 0.3) is 0 Å². The van der Waals surface area contributed by atoms with Gasteiger partial charge in [0, 0.05) is 49.4 Å². The summed E-state index contributed by atoms with van der Waals surface area (Å²) in [6.07, 6.45) is 7.67. The molecule has 1 saturated heterocycles. The number of aromatic nitrogens is 1. The third kappa shape index (κ3) is 4.23. The SMILES string of the molecule is CCN=C(NC1CCN(c2cccc(C)n2)CC1)NC1CC(OCC)C12CCC2. The number of aliphatic imine (C=N–C) groups is 1. The second kappa shape index (κ2) is 8.90. The van der Waals surface area contributed by atoms with Gasteiger partial charge >= 0.3 is 0 Å². The summed E-state index contributed by atoms with van der Waals surface area (Å²) in [6, 6.07) is 7.25. The van der Waals surface area contributed by atoms with Gasteiger partial charge in [0.1, 0.15) is 5.82 Å². The van der Waals surface area contributed by atoms with Crippen LogP contribution in [-0.4, -0.2) is 55.4 Å². The number of hydrogen-bond acceptors (Lipinski definition) is 4. The third-order valence-electron chi connectivity index (χ3n) is 7.10. The lowest BCUT2D eigenvalue weighted by Crippen LogP contribution is -2.69. The van der Waals surface area contributed by atoms with E-state index in [1.165, 1.54) is 19.3 Å². The first kappa shape index (κ1) is 20.5. The fourth-order valence-corrected chi connectivity index (χ4v) is 5.25. The van der Waals surface area contributed by atoms with Gasteiger partial charge in [-0.3, -0.25) is 4.99 Å². The average molecular weight is 400 g/mol. The highest BCUT2D eigenvalue weighted by Crippen LogP contribution is 2.57. The molecule has 2 heterocycles. The normalized spacial score (nSPS) is 26.7. The predicted molar refractivity (Wildman–Crippen MR) is 119 cm³/mol. The topological polar surface area (TPSA) is 61.8 Å². The molecular formula is C23H37N5O. The summed E-state index contributed by atoms with van der Waals surface area (Å²) in [7, 11) is 0. The second-order valence-electron chi connectivity index (χ2n) is 8.83. The summed E-state index contributed by atoms with van der Waals surface area (Å²) < 4.78 is 6.01. The monoisotopic (exact) mass is 399 g/mol. The molecule has 4 rings (SSSR count). The fourth-order valence-electron chi connectivity index (χ4n) is 5.25. The lowest BCUT2D eigenvalue weighted by Gasteiger charge is -2.61. The van der Waals surface area contributed by atoms with E-state index in [2.05, 4.69) is 59.5 Å². The molecule has 0 radical (unpaired) electrons. The van der Waals surface area contributed by atoms with Crippen molar-refractivity contribution in [2.45, 2.75) is 77.5 Å². The highest BCUT2D eigenvalue weighted by molar-refractivity contribution is 5.80. The molecule has 160 valence electrons. The van der Waals surface area contributed by atoms with Gasteiger partial charge in [-0.1, -0.05) is 12.5 Å². The summed E-state index contributed by atoms with van der Waals surface area (Å²) in [5.74, 6) is 2.10. The molecule has 2 saturated carbocycles. The standard InChI is InChI=1S/C23H37N5O/c1-4-24-22(27-19-16-20(29-5-2)23(19)12-7-13-23)26-18-10-14-28(15-11-18)21-9-6-8-17(3)25-21/h6,8-9,18-20H,4-5,7,10-16H2,1-3H3,(H2,24,26,27). The van der Waals surface area contributed by atoms with Crippen molar-refractivity contribution in [1.82, 2.24) is 15.6 Å². The maximum Gasteiger partial charge on any atom is 0.191 e. The minimum absolute atomic E-state index is 0.354. The Bertz CT molecular complexity index is 709. The van der Waals surface area contributed by atoms with Crippen LogP contribution in [-0.2, 0) is 4.74 Å². The Morgan fingerprint density at radius 1 is 1.24 bits per heavy atom. The minimum Gasteiger partial charge on any atom is -0.378 e. The molecule has 0 aromatic carbocycles. The van der Waals surface area contributed by atoms with Crippen LogP contribution in [0.5, 0.6) is 0 Å². The van der Waals surface area contributed by atoms with Crippen LogP contribution in [0.2, 0.25) is 0 Å². The van der Waals surface area contributed by atoms with Crippen molar-refractivity contribution in [2.75, 3.05) is 31.1 Å². The number of nitrogens with zero attached hydrogens (tertiary/aromatic N) is 3. The number of aryl methyl sites for hydroxylation is 1. The maximum absolute atomic E-state index is 6.01. The van der Waals surface area contributed by atoms with Crippen molar-refractivity contribution in [2.24, 2.45) is 10.4 Å². The van der Waals surface area contributed by atoms with Crippen LogP contribution >= 0.6 is 0 Å². The van der Waals surface area contributed by atoms with Gasteiger partial charge in [-0.2, -0.15) is 0 Å². The molecule has 3 fully saturated rings. The molecule has 3 aliphatic rings. The van der Waals surface area contributed by atoms with E-state index in [9.17, 15) is 0 Å². The predicted octanol–water partition coefficient (Wildman–Crippen LogP) is 3.26. The van der Waals surface area contributed by atoms with Crippen LogP contribution in [0.25, 0.3) is 0 Å². The zero-order chi connectivity index (χ0) is 20.3. The van der Waals surface area contributed by atoms with E-state index in [0.717, 1.165) is 63.0 Å². The largest absolute Gasteiger partial charge is 0.378 e. The number of ether oxygens (including phenoxy) is 1. The van der Waals surface area contributed by atoms with Crippen molar-refractivity contribution in [1.29, 1.82) is 0 Å². The molecule has 1 spiro atoms. The maximum atomic E-state index is 6.01. The average Bonchev–Trinajstić information content (AvgIpc) is 2.66. The summed E-state index contributed by atoms with van der Waals surface area (Å²) >= 11 is 0. The third-order valence-corrected chi connectivity index (χ3v) is 7.10. The van der Waals surface area contributed by atoms with E-state index in [0.29, 0.717) is 23.6 Å². The highest BCUT2D eigenvalue weighted by atomic mass is 16.5. The first-order valence-electron chi connectivity index (χ1n) is 11.5. The molecule has 1 aromatic heterocycles. The lowest BCUT2D eigenvalue weighted by molar-refractivity contribution is -0.168. The molecule has 0 bridgehead atoms. The number of anilines is 1. The smallest absolute Gasteiger partial charge is 0.191 e. The van der Waals surface area contributed by atoms with Crippen molar-refractivity contribution < 1.29 is 4.74 Å². The minimum atomic E-state index is 0.354. The Morgan fingerprint density at radius 2 is 2.03 bits per heavy atom. The molecule has 29 heavy (non-hydrogen) atoms. The van der Waals surface area contributed by atoms with Gasteiger partial charge in [0.15, 0.2) is 5.96 Å². The number of piperidine rings is 1. The molecule has 1 aromatic rings. The van der Waals surface area contributed by atoms with Crippen LogP contribution in [0.4, 0.5) is 5.82 Å². The van der Waals surface area contributed by atoms with Crippen molar-refractivity contribution in [3.8, 4) is 0 Å². The molecule has 6 nitrogen and oxygen atoms in total. The Kier molecular flexibility index (Phi) is 6.28. The van der Waals surface area contributed by atoms with Gasteiger partial charge in [0.2, 0.25) is 0 Å². The molecule has 6 heteroatoms. The Labute approximate surface area is 175 Å². The van der Waals surface area contributed by atoms with Gasteiger partial charge in [-0.15, -0.1) is 0 Å². The summed E-state index contributed by atoms with van der Waals surface area (Å²) in [6.45, 7) is 9.97. The van der Waals surface area contributed by atoms with E-state index in [1.54, 1.807) is 0 Å². The quantitative estimate of drug-likeness (QED) is 0.568. The number of rotatable bonds is 6. The molecular weight excluding hydrogens is 362 g/mol. The number of hydrogen-bond donors (Lipinski definition) is 2. The van der Waals surface area contributed by atoms with Crippen LogP contribution in [0.15, 0.2) is 23.2 Å². The Balaban J connectivity index is 1.30. The second-order valence-corrected chi connectivity index (χ2v) is 8.83. The molecule has 0 amide bonds. The van der Waals surface area contributed by atoms with Gasteiger partial charge < -0.3 is 20.3 Å². The first-order valence-corrected chi connectivity index (χ1v) is 11.5. The van der Waals surface area contributed by atoms with Gasteiger partial charge in [-0.25, -0.2) is 4.98 Å². The molecule has 2 N–H and O–H groups in total. The Morgan fingerprint density at radius 3 is 2.66 bits per heavy atom. The van der Waals surface area contributed by atoms with Gasteiger partial charge in [-0.05, 0) is 65.0 Å². The van der Waals surface area contributed by atoms with E-state index in [4.69, 9.17) is 9.73 Å². The van der Waals surface area contributed by atoms with E-state index >= 15 is 0 Å². The molecule has 2 atom stereocenters. The summed E-state index contributed by atoms with van der Waals surface area (Å²) in [5.41, 5.74) is 1.44. The number of pyridine rings is 1. The molecule has 2 aliphatic carbocycles. The van der Waals surface area contributed by atoms with Gasteiger partial charge in [0.05, 0.1) is 6.10 Å². The summed E-state index contributed by atoms with van der Waals surface area (Å²) in [5, 5.41) is 7.49. The van der Waals surface area contributed by atoms with Crippen LogP contribution < -0.4 is 15.5 Å². The van der Waals surface area contributed by atoms with Crippen molar-refractivity contribution >= 4 is 11.8 Å². The Hall–Kier alpha value is -1.82. The van der Waals surface area contributed by atoms with Crippen molar-refractivity contribution in [3.05, 3.63) is 23.9 Å². The molecule has 1 aliphatic heterocycles. The highest BCUT2D eigenvalue weighted by Gasteiger charge is 2.59. The molecule has 2 unspecified atom stereocenters. The summed E-state index contributed by atoms with van der Waals surface area (Å²) in [4.78, 5) is 11.8. The van der Waals surface area contributed by atoms with Crippen LogP contribution in [0.1, 0.15) is 58.1 Å². The zero-order valence-corrected chi connectivity index (χ0v) is 18.3. The van der Waals surface area contributed by atoms with Crippen LogP contribution in [0, 0.1) is 12.3 Å². The number of guanidine groups is 1. The van der Waals surface area contributed by atoms with Crippen LogP contribution in [0.3, 0.4) is 0 Å². The first-order chi connectivity index (χ1) is 14.1. The van der Waals surface area contributed by atoms with E-state index in [-0.39, 0.29) is 0 Å². The van der Waals surface area contributed by atoms with E-state index in [1.807, 2.05) is 0 Å². The number of nitrogens with one attached hydrogen (secondary N) is 2.